The highest BCUT2D eigenvalue weighted by Crippen LogP contribution is 2.24. The maximum Gasteiger partial charge on any atom is 0.139 e. The van der Waals surface area contributed by atoms with Crippen LogP contribution in [0.1, 0.15) is 31.1 Å². The fraction of sp³-hybridized carbons (Fsp3) is 0.357. The quantitative estimate of drug-likeness (QED) is 0.908. The van der Waals surface area contributed by atoms with Crippen LogP contribution in [0.3, 0.4) is 0 Å². The van der Waals surface area contributed by atoms with Gasteiger partial charge in [-0.3, -0.25) is 0 Å². The Labute approximate surface area is 121 Å². The average Bonchev–Trinajstić information content (AvgIpc) is 2.80. The van der Waals surface area contributed by atoms with E-state index in [9.17, 15) is 4.39 Å². The van der Waals surface area contributed by atoms with Crippen LogP contribution in [0.25, 0.3) is 0 Å². The van der Waals surface area contributed by atoms with Gasteiger partial charge in [0.1, 0.15) is 5.82 Å². The van der Waals surface area contributed by atoms with Crippen molar-refractivity contribution in [1.29, 1.82) is 0 Å². The number of benzene rings is 1. The summed E-state index contributed by atoms with van der Waals surface area (Å²) in [6.07, 6.45) is 3.65. The molecule has 0 radical (unpaired) electrons. The highest BCUT2D eigenvalue weighted by molar-refractivity contribution is 9.10. The van der Waals surface area contributed by atoms with E-state index in [-0.39, 0.29) is 5.82 Å². The molecular formula is C14H17BrFN3. The number of aromatic nitrogens is 2. The normalized spacial score (nSPS) is 11.1. The molecule has 5 heteroatoms. The van der Waals surface area contributed by atoms with Gasteiger partial charge in [0.25, 0.3) is 0 Å². The van der Waals surface area contributed by atoms with Gasteiger partial charge >= 0.3 is 0 Å². The van der Waals surface area contributed by atoms with Crippen molar-refractivity contribution in [1.82, 2.24) is 9.55 Å². The van der Waals surface area contributed by atoms with Crippen molar-refractivity contribution in [2.75, 3.05) is 5.32 Å². The zero-order chi connectivity index (χ0) is 14.0. The zero-order valence-electron chi connectivity index (χ0n) is 11.2. The number of hydrogen-bond donors (Lipinski definition) is 1. The first-order chi connectivity index (χ1) is 8.99. The molecule has 0 aliphatic carbocycles. The van der Waals surface area contributed by atoms with Gasteiger partial charge < -0.3 is 9.88 Å². The van der Waals surface area contributed by atoms with E-state index in [4.69, 9.17) is 0 Å². The number of nitrogens with zero attached hydrogens (tertiary/aromatic N) is 2. The molecule has 0 aliphatic rings. The summed E-state index contributed by atoms with van der Waals surface area (Å²) in [5.41, 5.74) is 2.89. The SMILES string of the molecule is Cc1cc(Br)c(F)cc1NCc1cncn1C(C)C. The fourth-order valence-corrected chi connectivity index (χ4v) is 2.41. The summed E-state index contributed by atoms with van der Waals surface area (Å²) >= 11 is 3.18. The minimum Gasteiger partial charge on any atom is -0.379 e. The summed E-state index contributed by atoms with van der Waals surface area (Å²) < 4.78 is 16.1. The van der Waals surface area contributed by atoms with E-state index in [1.807, 2.05) is 19.4 Å². The molecule has 1 heterocycles. The van der Waals surface area contributed by atoms with Crippen LogP contribution in [-0.4, -0.2) is 9.55 Å². The van der Waals surface area contributed by atoms with Crippen LogP contribution in [0.15, 0.2) is 29.1 Å². The molecular weight excluding hydrogens is 309 g/mol. The number of imidazole rings is 1. The second-order valence-electron chi connectivity index (χ2n) is 4.82. The summed E-state index contributed by atoms with van der Waals surface area (Å²) in [5, 5.41) is 3.26. The Morgan fingerprint density at radius 2 is 2.16 bits per heavy atom. The van der Waals surface area contributed by atoms with E-state index < -0.39 is 0 Å². The van der Waals surface area contributed by atoms with Gasteiger partial charge in [0, 0.05) is 17.9 Å². The Morgan fingerprint density at radius 1 is 1.42 bits per heavy atom. The lowest BCUT2D eigenvalue weighted by atomic mass is 10.2. The molecule has 2 rings (SSSR count). The van der Waals surface area contributed by atoms with Crippen LogP contribution in [0.5, 0.6) is 0 Å². The smallest absolute Gasteiger partial charge is 0.139 e. The van der Waals surface area contributed by atoms with Gasteiger partial charge in [-0.2, -0.15) is 0 Å². The van der Waals surface area contributed by atoms with Gasteiger partial charge in [-0.1, -0.05) is 0 Å². The molecule has 1 aromatic carbocycles. The molecule has 1 N–H and O–H groups in total. The van der Waals surface area contributed by atoms with Crippen molar-refractivity contribution in [2.24, 2.45) is 0 Å². The maximum absolute atomic E-state index is 13.5. The predicted octanol–water partition coefficient (Wildman–Crippen LogP) is 4.29. The van der Waals surface area contributed by atoms with Crippen LogP contribution in [0, 0.1) is 12.7 Å². The Kier molecular flexibility index (Phi) is 4.24. The third-order valence-electron chi connectivity index (χ3n) is 3.03. The van der Waals surface area contributed by atoms with Crippen LogP contribution in [-0.2, 0) is 6.54 Å². The molecule has 0 amide bonds. The highest BCUT2D eigenvalue weighted by Gasteiger charge is 2.08. The van der Waals surface area contributed by atoms with E-state index >= 15 is 0 Å². The van der Waals surface area contributed by atoms with Gasteiger partial charge in [-0.25, -0.2) is 9.37 Å². The molecule has 1 aromatic heterocycles. The number of halogens is 2. The zero-order valence-corrected chi connectivity index (χ0v) is 12.8. The molecule has 0 saturated heterocycles. The van der Waals surface area contributed by atoms with Crippen molar-refractivity contribution < 1.29 is 4.39 Å². The van der Waals surface area contributed by atoms with E-state index in [1.54, 1.807) is 6.07 Å². The molecule has 0 bridgehead atoms. The Bertz CT molecular complexity index is 578. The second-order valence-corrected chi connectivity index (χ2v) is 5.68. The van der Waals surface area contributed by atoms with Gasteiger partial charge in [0.2, 0.25) is 0 Å². The molecule has 0 atom stereocenters. The molecule has 0 aliphatic heterocycles. The third kappa shape index (κ3) is 3.15. The largest absolute Gasteiger partial charge is 0.379 e. The van der Waals surface area contributed by atoms with Crippen molar-refractivity contribution >= 4 is 21.6 Å². The Balaban J connectivity index is 2.15. The minimum atomic E-state index is -0.259. The van der Waals surface area contributed by atoms with E-state index in [0.717, 1.165) is 16.9 Å². The number of nitrogens with one attached hydrogen (secondary N) is 1. The Hall–Kier alpha value is -1.36. The van der Waals surface area contributed by atoms with Gasteiger partial charge in [0.05, 0.1) is 23.0 Å². The van der Waals surface area contributed by atoms with Crippen molar-refractivity contribution in [3.63, 3.8) is 0 Å². The van der Waals surface area contributed by atoms with Crippen molar-refractivity contribution in [2.45, 2.75) is 33.4 Å². The molecule has 2 aromatic rings. The summed E-state index contributed by atoms with van der Waals surface area (Å²) in [4.78, 5) is 4.15. The number of anilines is 1. The molecule has 0 saturated carbocycles. The number of aryl methyl sites for hydroxylation is 1. The lowest BCUT2D eigenvalue weighted by Crippen LogP contribution is -2.09. The molecule has 0 unspecified atom stereocenters. The van der Waals surface area contributed by atoms with Crippen LogP contribution >= 0.6 is 15.9 Å². The summed E-state index contributed by atoms with van der Waals surface area (Å²) in [7, 11) is 0. The first-order valence-corrected chi connectivity index (χ1v) is 6.98. The fourth-order valence-electron chi connectivity index (χ4n) is 1.96. The molecule has 0 spiro atoms. The summed E-state index contributed by atoms with van der Waals surface area (Å²) in [6, 6.07) is 3.65. The molecule has 0 fully saturated rings. The first-order valence-electron chi connectivity index (χ1n) is 6.19. The lowest BCUT2D eigenvalue weighted by Gasteiger charge is -2.14. The third-order valence-corrected chi connectivity index (χ3v) is 3.64. The van der Waals surface area contributed by atoms with Gasteiger partial charge in [0.15, 0.2) is 0 Å². The Morgan fingerprint density at radius 3 is 2.84 bits per heavy atom. The van der Waals surface area contributed by atoms with E-state index in [2.05, 4.69) is 44.6 Å². The summed E-state index contributed by atoms with van der Waals surface area (Å²) in [5.74, 6) is -0.259. The minimum absolute atomic E-state index is 0.259. The molecule has 3 nitrogen and oxygen atoms in total. The topological polar surface area (TPSA) is 29.9 Å². The highest BCUT2D eigenvalue weighted by atomic mass is 79.9. The standard InChI is InChI=1S/C14H17BrFN3/c1-9(2)19-8-17-6-11(19)7-18-14-5-13(16)12(15)4-10(14)3/h4-6,8-9,18H,7H2,1-3H3. The van der Waals surface area contributed by atoms with Crippen molar-refractivity contribution in [3.05, 3.63) is 46.2 Å². The van der Waals surface area contributed by atoms with E-state index in [0.29, 0.717) is 17.1 Å². The van der Waals surface area contributed by atoms with E-state index in [1.165, 1.54) is 6.07 Å². The second kappa shape index (κ2) is 5.74. The average molecular weight is 326 g/mol. The van der Waals surface area contributed by atoms with Gasteiger partial charge in [-0.15, -0.1) is 0 Å². The first kappa shape index (κ1) is 14.1. The van der Waals surface area contributed by atoms with Gasteiger partial charge in [-0.05, 0) is 54.4 Å². The maximum atomic E-state index is 13.5. The number of hydrogen-bond acceptors (Lipinski definition) is 2. The monoisotopic (exact) mass is 325 g/mol. The van der Waals surface area contributed by atoms with Crippen LogP contribution < -0.4 is 5.32 Å². The van der Waals surface area contributed by atoms with Crippen molar-refractivity contribution in [3.8, 4) is 0 Å². The molecule has 102 valence electrons. The molecule has 19 heavy (non-hydrogen) atoms. The lowest BCUT2D eigenvalue weighted by molar-refractivity contribution is 0.577. The van der Waals surface area contributed by atoms with Crippen LogP contribution in [0.4, 0.5) is 10.1 Å². The predicted molar refractivity (Wildman–Crippen MR) is 78.8 cm³/mol. The van der Waals surface area contributed by atoms with Crippen LogP contribution in [0.2, 0.25) is 0 Å². The number of rotatable bonds is 4. The summed E-state index contributed by atoms with van der Waals surface area (Å²) in [6.45, 7) is 6.79.